The van der Waals surface area contributed by atoms with E-state index in [-0.39, 0.29) is 20.3 Å². The van der Waals surface area contributed by atoms with Crippen molar-refractivity contribution in [3.63, 3.8) is 0 Å². The zero-order valence-electron chi connectivity index (χ0n) is 19.6. The van der Waals surface area contributed by atoms with E-state index in [4.69, 9.17) is 0 Å². The van der Waals surface area contributed by atoms with Crippen molar-refractivity contribution in [3.05, 3.63) is 0 Å². The zero-order chi connectivity index (χ0) is 17.6. The van der Waals surface area contributed by atoms with Gasteiger partial charge in [0.2, 0.25) is 0 Å². The molecule has 0 fully saturated rings. The van der Waals surface area contributed by atoms with Crippen LogP contribution in [-0.4, -0.2) is 0 Å². The predicted molar refractivity (Wildman–Crippen MR) is 114 cm³/mol. The van der Waals surface area contributed by atoms with Gasteiger partial charge in [0.15, 0.2) is 0 Å². The molecule has 0 saturated heterocycles. The third kappa shape index (κ3) is 26.9. The van der Waals surface area contributed by atoms with Crippen molar-refractivity contribution in [1.29, 1.82) is 0 Å². The van der Waals surface area contributed by atoms with Gasteiger partial charge in [-0.25, -0.2) is 0 Å². The summed E-state index contributed by atoms with van der Waals surface area (Å²) in [6.45, 7) is 4.60. The minimum Gasteiger partial charge on any atom is -1.00 e. The van der Waals surface area contributed by atoms with Gasteiger partial charge in [-0.05, 0) is 0 Å². The van der Waals surface area contributed by atoms with Gasteiger partial charge in [-0.15, -0.1) is 0 Å². The summed E-state index contributed by atoms with van der Waals surface area (Å²) in [4.78, 5) is 0. The molecule has 0 aliphatic rings. The molecule has 0 unspecified atom stereocenters. The molecule has 0 bridgehead atoms. The van der Waals surface area contributed by atoms with Gasteiger partial charge < -0.3 is 1.43 Å². The first-order valence-electron chi connectivity index (χ1n) is 11.9. The summed E-state index contributed by atoms with van der Waals surface area (Å²) in [6.07, 6.45) is 32.4. The quantitative estimate of drug-likeness (QED) is 0.160. The number of rotatable bonds is 21. The molecule has 148 valence electrons. The van der Waals surface area contributed by atoms with Crippen molar-refractivity contribution >= 4 is 0 Å². The van der Waals surface area contributed by atoms with Gasteiger partial charge in [0.05, 0.1) is 0 Å². The average Bonchev–Trinajstić information content (AvgIpc) is 2.60. The van der Waals surface area contributed by atoms with Crippen LogP contribution < -0.4 is 18.9 Å². The molecule has 0 amide bonds. The van der Waals surface area contributed by atoms with Crippen LogP contribution in [0.5, 0.6) is 0 Å². The smallest absolute Gasteiger partial charge is 1.00 e. The molecule has 0 aromatic heterocycles. The standard InChI is InChI=1S/C24H50.Li.H/c1-3-5-7-9-11-13-15-17-19-21-23-24-22-20-18-16-14-12-10-8-6-4-2;;/h3-24H2,1-2H3;;/q;+1;-1. The van der Waals surface area contributed by atoms with Crippen LogP contribution in [0.25, 0.3) is 0 Å². The van der Waals surface area contributed by atoms with E-state index in [1.54, 1.807) is 0 Å². The van der Waals surface area contributed by atoms with E-state index >= 15 is 0 Å². The summed E-state index contributed by atoms with van der Waals surface area (Å²) in [6, 6.07) is 0. The van der Waals surface area contributed by atoms with Gasteiger partial charge in [0.25, 0.3) is 0 Å². The molecular weight excluding hydrogens is 295 g/mol. The summed E-state index contributed by atoms with van der Waals surface area (Å²) >= 11 is 0. The molecule has 0 N–H and O–H groups in total. The molecule has 0 aliphatic heterocycles. The van der Waals surface area contributed by atoms with Crippen LogP contribution >= 0.6 is 0 Å². The maximum absolute atomic E-state index is 2.30. The van der Waals surface area contributed by atoms with E-state index in [0.717, 1.165) is 0 Å². The van der Waals surface area contributed by atoms with Crippen LogP contribution in [0, 0.1) is 0 Å². The normalized spacial score (nSPS) is 10.8. The van der Waals surface area contributed by atoms with Crippen molar-refractivity contribution in [2.75, 3.05) is 0 Å². The van der Waals surface area contributed by atoms with Crippen LogP contribution in [0.4, 0.5) is 0 Å². The molecule has 0 radical (unpaired) electrons. The van der Waals surface area contributed by atoms with E-state index < -0.39 is 0 Å². The summed E-state index contributed by atoms with van der Waals surface area (Å²) in [5.74, 6) is 0. The minimum absolute atomic E-state index is 0. The molecule has 0 aliphatic carbocycles. The Bertz CT molecular complexity index is 186. The van der Waals surface area contributed by atoms with E-state index in [9.17, 15) is 0 Å². The average molecular weight is 347 g/mol. The summed E-state index contributed by atoms with van der Waals surface area (Å²) in [7, 11) is 0. The topological polar surface area (TPSA) is 0 Å². The second-order valence-electron chi connectivity index (χ2n) is 8.07. The van der Waals surface area contributed by atoms with Crippen molar-refractivity contribution in [2.45, 2.75) is 155 Å². The van der Waals surface area contributed by atoms with Gasteiger partial charge in [0.1, 0.15) is 0 Å². The van der Waals surface area contributed by atoms with E-state index in [1.807, 2.05) is 0 Å². The molecule has 0 nitrogen and oxygen atoms in total. The zero-order valence-corrected chi connectivity index (χ0v) is 18.6. The summed E-state index contributed by atoms with van der Waals surface area (Å²) < 4.78 is 0. The van der Waals surface area contributed by atoms with Gasteiger partial charge >= 0.3 is 18.9 Å². The molecule has 1 heteroatoms. The molecule has 25 heavy (non-hydrogen) atoms. The molecule has 0 aromatic rings. The van der Waals surface area contributed by atoms with Crippen LogP contribution in [-0.2, 0) is 0 Å². The maximum atomic E-state index is 2.30. The van der Waals surface area contributed by atoms with Crippen LogP contribution in [0.15, 0.2) is 0 Å². The fraction of sp³-hybridized carbons (Fsp3) is 1.00. The van der Waals surface area contributed by atoms with Crippen molar-refractivity contribution in [3.8, 4) is 0 Å². The Morgan fingerprint density at radius 1 is 0.280 bits per heavy atom. The van der Waals surface area contributed by atoms with Crippen LogP contribution in [0.2, 0.25) is 0 Å². The molecular formula is C24H51Li. The van der Waals surface area contributed by atoms with E-state index in [1.165, 1.54) is 141 Å². The third-order valence-corrected chi connectivity index (χ3v) is 5.46. The van der Waals surface area contributed by atoms with Gasteiger partial charge in [-0.1, -0.05) is 155 Å². The molecule has 0 aromatic carbocycles. The van der Waals surface area contributed by atoms with Crippen molar-refractivity contribution in [1.82, 2.24) is 0 Å². The van der Waals surface area contributed by atoms with E-state index in [2.05, 4.69) is 13.8 Å². The van der Waals surface area contributed by atoms with Crippen LogP contribution in [0.3, 0.4) is 0 Å². The molecule has 0 saturated carbocycles. The number of unbranched alkanes of at least 4 members (excludes halogenated alkanes) is 21. The third-order valence-electron chi connectivity index (χ3n) is 5.46. The van der Waals surface area contributed by atoms with Gasteiger partial charge in [-0.3, -0.25) is 0 Å². The van der Waals surface area contributed by atoms with Gasteiger partial charge in [-0.2, -0.15) is 0 Å². The summed E-state index contributed by atoms with van der Waals surface area (Å²) in [5.41, 5.74) is 0. The first-order chi connectivity index (χ1) is 11.9. The fourth-order valence-electron chi connectivity index (χ4n) is 3.68. The maximum Gasteiger partial charge on any atom is 1.00 e. The second-order valence-corrected chi connectivity index (χ2v) is 8.07. The van der Waals surface area contributed by atoms with Gasteiger partial charge in [0, 0.05) is 0 Å². The Balaban J connectivity index is -0.00000264. The second kappa shape index (κ2) is 26.8. The molecule has 0 spiro atoms. The van der Waals surface area contributed by atoms with Crippen LogP contribution in [0.1, 0.15) is 157 Å². The fourth-order valence-corrected chi connectivity index (χ4v) is 3.68. The Hall–Kier alpha value is 0.597. The van der Waals surface area contributed by atoms with Crippen molar-refractivity contribution in [2.24, 2.45) is 0 Å². The summed E-state index contributed by atoms with van der Waals surface area (Å²) in [5, 5.41) is 0. The predicted octanol–water partition coefficient (Wildman–Crippen LogP) is 6.72. The Kier molecular flexibility index (Phi) is 29.8. The number of hydrogen-bond acceptors (Lipinski definition) is 0. The first kappa shape index (κ1) is 27.8. The van der Waals surface area contributed by atoms with E-state index in [0.29, 0.717) is 0 Å². The monoisotopic (exact) mass is 346 g/mol. The van der Waals surface area contributed by atoms with Crippen molar-refractivity contribution < 1.29 is 20.3 Å². The largest absolute Gasteiger partial charge is 1.00 e. The Morgan fingerprint density at radius 2 is 0.400 bits per heavy atom. The Morgan fingerprint density at radius 3 is 0.520 bits per heavy atom. The molecule has 0 atom stereocenters. The molecule has 0 rings (SSSR count). The SMILES string of the molecule is CCCCCCCCCCCCCCCCCCCCCCCC.[H-].[Li+]. The number of hydrogen-bond donors (Lipinski definition) is 0. The first-order valence-corrected chi connectivity index (χ1v) is 11.9. The minimum atomic E-state index is 0. The molecule has 0 heterocycles. The Labute approximate surface area is 175 Å².